The second-order valence-corrected chi connectivity index (χ2v) is 5.43. The first-order chi connectivity index (χ1) is 10.2. The molecule has 0 saturated heterocycles. The third-order valence-electron chi connectivity index (χ3n) is 4.01. The maximum atomic E-state index is 12.7. The molecule has 0 amide bonds. The van der Waals surface area contributed by atoms with Crippen molar-refractivity contribution in [2.75, 3.05) is 0 Å². The van der Waals surface area contributed by atoms with E-state index in [1.807, 2.05) is 16.7 Å². The van der Waals surface area contributed by atoms with Crippen molar-refractivity contribution in [2.24, 2.45) is 11.1 Å². The van der Waals surface area contributed by atoms with Crippen LogP contribution in [-0.4, -0.2) is 26.3 Å². The Kier molecular flexibility index (Phi) is 3.33. The number of nitrogens with zero attached hydrogens (tertiary/aromatic N) is 3. The zero-order chi connectivity index (χ0) is 15.0. The molecule has 5 heteroatoms. The first-order valence-corrected chi connectivity index (χ1v) is 7.09. The molecule has 5 nitrogen and oxygen atoms in total. The van der Waals surface area contributed by atoms with Gasteiger partial charge >= 0.3 is 0 Å². The predicted molar refractivity (Wildman–Crippen MR) is 79.0 cm³/mol. The molecule has 1 N–H and O–H groups in total. The predicted octanol–water partition coefficient (Wildman–Crippen LogP) is 2.70. The number of oxime groups is 1. The van der Waals surface area contributed by atoms with Crippen LogP contribution in [0, 0.1) is 5.92 Å². The monoisotopic (exact) mass is 283 g/mol. The minimum Gasteiger partial charge on any atom is -0.410 e. The van der Waals surface area contributed by atoms with Gasteiger partial charge < -0.3 is 9.77 Å². The van der Waals surface area contributed by atoms with Crippen LogP contribution in [0.2, 0.25) is 0 Å². The van der Waals surface area contributed by atoms with Crippen molar-refractivity contribution in [2.45, 2.75) is 26.8 Å². The maximum absolute atomic E-state index is 12.7. The molecule has 0 aliphatic heterocycles. The summed E-state index contributed by atoms with van der Waals surface area (Å²) >= 11 is 0. The Labute approximate surface area is 122 Å². The molecule has 1 atom stereocenters. The Morgan fingerprint density at radius 3 is 2.71 bits per heavy atom. The number of hydrogen-bond acceptors (Lipinski definition) is 4. The van der Waals surface area contributed by atoms with E-state index < -0.39 is 0 Å². The standard InChI is InChI=1S/C16H17N3O2/c1-3-10(2)8-19-9-17-14-13(18-21)11-6-4-5-7-12(11)16(20)15(14)19/h4-7,9-10,21H,3,8H2,1-2H3/b18-13+. The molecule has 108 valence electrons. The van der Waals surface area contributed by atoms with Crippen LogP contribution in [0.1, 0.15) is 47.6 Å². The van der Waals surface area contributed by atoms with Crippen LogP contribution in [0.25, 0.3) is 0 Å². The van der Waals surface area contributed by atoms with E-state index in [9.17, 15) is 10.0 Å². The number of carbonyl (C=O) groups excluding carboxylic acids is 1. The van der Waals surface area contributed by atoms with E-state index in [0.29, 0.717) is 34.1 Å². The molecule has 0 bridgehead atoms. The molecule has 21 heavy (non-hydrogen) atoms. The smallest absolute Gasteiger partial charge is 0.212 e. The van der Waals surface area contributed by atoms with Gasteiger partial charge in [-0.1, -0.05) is 49.7 Å². The highest BCUT2D eigenvalue weighted by Crippen LogP contribution is 2.27. The van der Waals surface area contributed by atoms with Gasteiger partial charge in [-0.3, -0.25) is 4.79 Å². The van der Waals surface area contributed by atoms with Gasteiger partial charge in [-0.2, -0.15) is 0 Å². The lowest BCUT2D eigenvalue weighted by Gasteiger charge is -2.18. The summed E-state index contributed by atoms with van der Waals surface area (Å²) < 4.78 is 1.87. The van der Waals surface area contributed by atoms with Gasteiger partial charge in [-0.25, -0.2) is 4.98 Å². The fraction of sp³-hybridized carbons (Fsp3) is 0.312. The lowest BCUT2D eigenvalue weighted by Crippen LogP contribution is -2.24. The summed E-state index contributed by atoms with van der Waals surface area (Å²) in [7, 11) is 0. The van der Waals surface area contributed by atoms with Gasteiger partial charge in [0.2, 0.25) is 5.78 Å². The van der Waals surface area contributed by atoms with E-state index in [4.69, 9.17) is 0 Å². The van der Waals surface area contributed by atoms with Crippen LogP contribution >= 0.6 is 0 Å². The molecule has 0 spiro atoms. The average molecular weight is 283 g/mol. The Morgan fingerprint density at radius 2 is 2.05 bits per heavy atom. The molecule has 1 aliphatic rings. The lowest BCUT2D eigenvalue weighted by molar-refractivity contribution is 0.102. The summed E-state index contributed by atoms with van der Waals surface area (Å²) in [5, 5.41) is 12.7. The van der Waals surface area contributed by atoms with E-state index in [1.165, 1.54) is 0 Å². The van der Waals surface area contributed by atoms with E-state index in [0.717, 1.165) is 13.0 Å². The zero-order valence-electron chi connectivity index (χ0n) is 12.1. The number of fused-ring (bicyclic) bond motifs is 2. The van der Waals surface area contributed by atoms with Crippen LogP contribution in [0.15, 0.2) is 35.7 Å². The third kappa shape index (κ3) is 2.05. The third-order valence-corrected chi connectivity index (χ3v) is 4.01. The van der Waals surface area contributed by atoms with Crippen LogP contribution < -0.4 is 0 Å². The molecule has 1 aliphatic carbocycles. The Hall–Kier alpha value is -2.43. The second kappa shape index (κ2) is 5.16. The number of benzene rings is 1. The van der Waals surface area contributed by atoms with Crippen molar-refractivity contribution in [1.82, 2.24) is 9.55 Å². The fourth-order valence-corrected chi connectivity index (χ4v) is 2.64. The van der Waals surface area contributed by atoms with E-state index >= 15 is 0 Å². The fourth-order valence-electron chi connectivity index (χ4n) is 2.64. The Balaban J connectivity index is 2.15. The number of aromatic nitrogens is 2. The SMILES string of the molecule is CCC(C)Cn1cnc2c1C(=O)c1ccccc1/C2=N\O. The van der Waals surface area contributed by atoms with Crippen molar-refractivity contribution in [3.63, 3.8) is 0 Å². The van der Waals surface area contributed by atoms with Crippen LogP contribution in [0.5, 0.6) is 0 Å². The van der Waals surface area contributed by atoms with Gasteiger partial charge in [0.05, 0.1) is 6.33 Å². The topological polar surface area (TPSA) is 67.5 Å². The van der Waals surface area contributed by atoms with Crippen LogP contribution in [-0.2, 0) is 6.54 Å². The first-order valence-electron chi connectivity index (χ1n) is 7.09. The first kappa shape index (κ1) is 13.5. The van der Waals surface area contributed by atoms with Crippen molar-refractivity contribution < 1.29 is 10.0 Å². The average Bonchev–Trinajstić information content (AvgIpc) is 2.91. The van der Waals surface area contributed by atoms with Crippen molar-refractivity contribution in [1.29, 1.82) is 0 Å². The molecule has 0 saturated carbocycles. The molecule has 2 aromatic rings. The summed E-state index contributed by atoms with van der Waals surface area (Å²) in [6.07, 6.45) is 2.68. The number of hydrogen-bond donors (Lipinski definition) is 1. The van der Waals surface area contributed by atoms with Gasteiger partial charge in [0.15, 0.2) is 0 Å². The summed E-state index contributed by atoms with van der Waals surface area (Å²) in [6.45, 7) is 4.98. The van der Waals surface area contributed by atoms with Gasteiger partial charge in [-0.05, 0) is 5.92 Å². The number of ketones is 1. The van der Waals surface area contributed by atoms with Crippen molar-refractivity contribution in [3.8, 4) is 0 Å². The van der Waals surface area contributed by atoms with Gasteiger partial charge in [0.1, 0.15) is 17.1 Å². The van der Waals surface area contributed by atoms with Gasteiger partial charge in [0, 0.05) is 17.7 Å². The summed E-state index contributed by atoms with van der Waals surface area (Å²) in [6, 6.07) is 7.16. The quantitative estimate of drug-likeness (QED) is 0.593. The van der Waals surface area contributed by atoms with E-state index in [2.05, 4.69) is 24.0 Å². The molecular formula is C16H17N3O2. The second-order valence-electron chi connectivity index (χ2n) is 5.43. The summed E-state index contributed by atoms with van der Waals surface area (Å²) in [5.74, 6) is 0.386. The molecule has 1 aromatic heterocycles. The van der Waals surface area contributed by atoms with Crippen molar-refractivity contribution >= 4 is 11.5 Å². The molecule has 1 unspecified atom stereocenters. The van der Waals surface area contributed by atoms with E-state index in [-0.39, 0.29) is 5.78 Å². The molecule has 1 heterocycles. The van der Waals surface area contributed by atoms with Crippen LogP contribution in [0.3, 0.4) is 0 Å². The molecular weight excluding hydrogens is 266 g/mol. The normalized spacial score (nSPS) is 16.7. The molecule has 3 rings (SSSR count). The lowest BCUT2D eigenvalue weighted by atomic mass is 9.89. The Morgan fingerprint density at radius 1 is 1.33 bits per heavy atom. The van der Waals surface area contributed by atoms with E-state index in [1.54, 1.807) is 18.5 Å². The number of imidazole rings is 1. The summed E-state index contributed by atoms with van der Waals surface area (Å²) in [4.78, 5) is 17.0. The van der Waals surface area contributed by atoms with Crippen molar-refractivity contribution in [3.05, 3.63) is 53.1 Å². The van der Waals surface area contributed by atoms with Gasteiger partial charge in [0.25, 0.3) is 0 Å². The molecule has 0 fully saturated rings. The number of rotatable bonds is 3. The Bertz CT molecular complexity index is 731. The van der Waals surface area contributed by atoms with Crippen LogP contribution in [0.4, 0.5) is 0 Å². The number of carbonyl (C=O) groups is 1. The molecule has 0 radical (unpaired) electrons. The minimum atomic E-state index is -0.0613. The highest BCUT2D eigenvalue weighted by atomic mass is 16.4. The molecule has 1 aromatic carbocycles. The van der Waals surface area contributed by atoms with Gasteiger partial charge in [-0.15, -0.1) is 0 Å². The zero-order valence-corrected chi connectivity index (χ0v) is 12.1. The highest BCUT2D eigenvalue weighted by molar-refractivity contribution is 6.28. The minimum absolute atomic E-state index is 0.0613. The largest absolute Gasteiger partial charge is 0.410 e. The maximum Gasteiger partial charge on any atom is 0.212 e. The summed E-state index contributed by atoms with van der Waals surface area (Å²) in [5.41, 5.74) is 2.53. The highest BCUT2D eigenvalue weighted by Gasteiger charge is 2.32.